The van der Waals surface area contributed by atoms with Crippen molar-refractivity contribution in [3.8, 4) is 0 Å². The van der Waals surface area contributed by atoms with Crippen molar-refractivity contribution in [1.82, 2.24) is 15.5 Å². The minimum absolute atomic E-state index is 0. The molecule has 0 spiro atoms. The fourth-order valence-corrected chi connectivity index (χ4v) is 4.59. The standard InChI is InChI=1S/C21H27F2N3O2.ClH/c22-16-5-1-6-17(23)19(16)14-10-15(14)21(28)26-9-3-4-13(12-26)11-25-20(27)18-7-2-8-24-18;/h1,5-6,13-15,18,24H,2-4,7-12H2,(H,25,27);1H. The molecule has 4 atom stereocenters. The first-order valence-electron chi connectivity index (χ1n) is 10.3. The molecule has 5 nitrogen and oxygen atoms in total. The Kier molecular flexibility index (Phi) is 7.11. The normalized spacial score (nSPS) is 28.6. The molecule has 1 saturated carbocycles. The fourth-order valence-electron chi connectivity index (χ4n) is 4.59. The second kappa shape index (κ2) is 9.39. The van der Waals surface area contributed by atoms with Gasteiger partial charge in [-0.2, -0.15) is 0 Å². The van der Waals surface area contributed by atoms with Gasteiger partial charge in [-0.05, 0) is 56.7 Å². The predicted molar refractivity (Wildman–Crippen MR) is 108 cm³/mol. The van der Waals surface area contributed by atoms with Crippen LogP contribution in [0.15, 0.2) is 18.2 Å². The number of halogens is 3. The van der Waals surface area contributed by atoms with Crippen LogP contribution in [0, 0.1) is 23.5 Å². The minimum atomic E-state index is -0.569. The van der Waals surface area contributed by atoms with Gasteiger partial charge in [0.1, 0.15) is 11.6 Å². The highest BCUT2D eigenvalue weighted by Crippen LogP contribution is 2.50. The van der Waals surface area contributed by atoms with E-state index >= 15 is 0 Å². The molecule has 0 radical (unpaired) electrons. The lowest BCUT2D eigenvalue weighted by atomic mass is 9.97. The van der Waals surface area contributed by atoms with Gasteiger partial charge in [-0.15, -0.1) is 12.4 Å². The van der Waals surface area contributed by atoms with Crippen molar-refractivity contribution in [2.24, 2.45) is 11.8 Å². The van der Waals surface area contributed by atoms with E-state index in [-0.39, 0.29) is 53.6 Å². The number of amides is 2. The van der Waals surface area contributed by atoms with E-state index in [4.69, 9.17) is 0 Å². The van der Waals surface area contributed by atoms with Gasteiger partial charge >= 0.3 is 0 Å². The molecule has 3 aliphatic rings. The summed E-state index contributed by atoms with van der Waals surface area (Å²) >= 11 is 0. The van der Waals surface area contributed by atoms with Crippen molar-refractivity contribution in [2.45, 2.75) is 44.1 Å². The lowest BCUT2D eigenvalue weighted by Crippen LogP contribution is -2.47. The molecule has 2 heterocycles. The first kappa shape index (κ1) is 22.0. The molecule has 0 bridgehead atoms. The molecule has 160 valence electrons. The van der Waals surface area contributed by atoms with E-state index in [1.165, 1.54) is 18.2 Å². The highest BCUT2D eigenvalue weighted by Gasteiger charge is 2.48. The third kappa shape index (κ3) is 4.89. The minimum Gasteiger partial charge on any atom is -0.354 e. The maximum Gasteiger partial charge on any atom is 0.237 e. The SMILES string of the molecule is Cl.O=C(NCC1CCCN(C(=O)C2CC2c2c(F)cccc2F)C1)C1CCCN1. The van der Waals surface area contributed by atoms with Crippen LogP contribution in [0.25, 0.3) is 0 Å². The Morgan fingerprint density at radius 1 is 1.17 bits per heavy atom. The number of carbonyl (C=O) groups excluding carboxylic acids is 2. The summed E-state index contributed by atoms with van der Waals surface area (Å²) in [5, 5.41) is 6.20. The second-order valence-corrected chi connectivity index (χ2v) is 8.27. The molecular weight excluding hydrogens is 400 g/mol. The van der Waals surface area contributed by atoms with Crippen LogP contribution in [0.2, 0.25) is 0 Å². The zero-order valence-corrected chi connectivity index (χ0v) is 17.1. The molecule has 2 N–H and O–H groups in total. The fraction of sp³-hybridized carbons (Fsp3) is 0.619. The van der Waals surface area contributed by atoms with Crippen molar-refractivity contribution >= 4 is 24.2 Å². The number of likely N-dealkylation sites (tertiary alicyclic amines) is 1. The summed E-state index contributed by atoms with van der Waals surface area (Å²) < 4.78 is 28.0. The van der Waals surface area contributed by atoms with Crippen LogP contribution < -0.4 is 10.6 Å². The number of hydrogen-bond acceptors (Lipinski definition) is 3. The number of carbonyl (C=O) groups is 2. The Balaban J connectivity index is 0.00000240. The molecule has 1 aliphatic carbocycles. The summed E-state index contributed by atoms with van der Waals surface area (Å²) in [7, 11) is 0. The van der Waals surface area contributed by atoms with E-state index in [1.807, 2.05) is 4.90 Å². The van der Waals surface area contributed by atoms with E-state index in [0.717, 1.165) is 32.2 Å². The zero-order chi connectivity index (χ0) is 19.7. The van der Waals surface area contributed by atoms with Crippen LogP contribution in [0.5, 0.6) is 0 Å². The Bertz CT molecular complexity index is 737. The van der Waals surface area contributed by atoms with Gasteiger partial charge in [-0.3, -0.25) is 9.59 Å². The first-order valence-corrected chi connectivity index (χ1v) is 10.3. The van der Waals surface area contributed by atoms with E-state index in [1.54, 1.807) is 0 Å². The lowest BCUT2D eigenvalue weighted by molar-refractivity contribution is -0.134. The summed E-state index contributed by atoms with van der Waals surface area (Å²) in [4.78, 5) is 26.8. The summed E-state index contributed by atoms with van der Waals surface area (Å²) in [6.07, 6.45) is 4.26. The summed E-state index contributed by atoms with van der Waals surface area (Å²) in [6, 6.07) is 3.75. The molecule has 0 aromatic heterocycles. The van der Waals surface area contributed by atoms with Crippen LogP contribution in [-0.2, 0) is 9.59 Å². The van der Waals surface area contributed by atoms with Gasteiger partial charge in [0.05, 0.1) is 6.04 Å². The second-order valence-electron chi connectivity index (χ2n) is 8.27. The Morgan fingerprint density at radius 2 is 1.93 bits per heavy atom. The van der Waals surface area contributed by atoms with Crippen molar-refractivity contribution in [2.75, 3.05) is 26.2 Å². The third-order valence-corrected chi connectivity index (χ3v) is 6.25. The van der Waals surface area contributed by atoms with Gasteiger partial charge in [-0.1, -0.05) is 6.07 Å². The van der Waals surface area contributed by atoms with Gasteiger partial charge in [0.2, 0.25) is 11.8 Å². The van der Waals surface area contributed by atoms with Crippen LogP contribution in [0.1, 0.15) is 43.6 Å². The van der Waals surface area contributed by atoms with Crippen LogP contribution in [0.4, 0.5) is 8.78 Å². The number of benzene rings is 1. The number of piperidine rings is 1. The van der Waals surface area contributed by atoms with Crippen molar-refractivity contribution in [3.63, 3.8) is 0 Å². The van der Waals surface area contributed by atoms with Gasteiger partial charge in [0.15, 0.2) is 0 Å². The Hall–Kier alpha value is -1.73. The van der Waals surface area contributed by atoms with Gasteiger partial charge in [-0.25, -0.2) is 8.78 Å². The molecule has 2 saturated heterocycles. The number of nitrogens with one attached hydrogen (secondary N) is 2. The number of hydrogen-bond donors (Lipinski definition) is 2. The topological polar surface area (TPSA) is 61.4 Å². The molecule has 1 aromatic carbocycles. The van der Waals surface area contributed by atoms with E-state index in [9.17, 15) is 18.4 Å². The van der Waals surface area contributed by atoms with Crippen molar-refractivity contribution < 1.29 is 18.4 Å². The van der Waals surface area contributed by atoms with Gasteiger partial charge in [0.25, 0.3) is 0 Å². The smallest absolute Gasteiger partial charge is 0.237 e. The third-order valence-electron chi connectivity index (χ3n) is 6.25. The molecule has 8 heteroatoms. The molecule has 29 heavy (non-hydrogen) atoms. The molecule has 3 fully saturated rings. The highest BCUT2D eigenvalue weighted by molar-refractivity contribution is 5.85. The maximum absolute atomic E-state index is 14.0. The van der Waals surface area contributed by atoms with Crippen molar-refractivity contribution in [3.05, 3.63) is 35.4 Å². The van der Waals surface area contributed by atoms with Crippen LogP contribution in [-0.4, -0.2) is 48.9 Å². The Labute approximate surface area is 176 Å². The molecule has 2 aliphatic heterocycles. The van der Waals surface area contributed by atoms with E-state index < -0.39 is 11.6 Å². The van der Waals surface area contributed by atoms with Crippen LogP contribution in [0.3, 0.4) is 0 Å². The van der Waals surface area contributed by atoms with Crippen molar-refractivity contribution in [1.29, 1.82) is 0 Å². The molecule has 4 rings (SSSR count). The molecule has 4 unspecified atom stereocenters. The predicted octanol–water partition coefficient (Wildman–Crippen LogP) is 2.60. The average molecular weight is 428 g/mol. The zero-order valence-electron chi connectivity index (χ0n) is 16.3. The molecular formula is C21H28ClF2N3O2. The van der Waals surface area contributed by atoms with Crippen LogP contribution >= 0.6 is 12.4 Å². The maximum atomic E-state index is 14.0. The number of rotatable bonds is 5. The molecule has 1 aromatic rings. The Morgan fingerprint density at radius 3 is 2.62 bits per heavy atom. The van der Waals surface area contributed by atoms with Gasteiger partial charge in [0, 0.05) is 37.0 Å². The first-order chi connectivity index (χ1) is 13.5. The highest BCUT2D eigenvalue weighted by atomic mass is 35.5. The summed E-state index contributed by atoms with van der Waals surface area (Å²) in [5.41, 5.74) is 0.0470. The summed E-state index contributed by atoms with van der Waals surface area (Å²) in [5.74, 6) is -1.57. The summed E-state index contributed by atoms with van der Waals surface area (Å²) in [6.45, 7) is 2.72. The van der Waals surface area contributed by atoms with E-state index in [2.05, 4.69) is 10.6 Å². The lowest BCUT2D eigenvalue weighted by Gasteiger charge is -2.33. The number of nitrogens with zero attached hydrogens (tertiary/aromatic N) is 1. The molecule has 2 amide bonds. The monoisotopic (exact) mass is 427 g/mol. The van der Waals surface area contributed by atoms with E-state index in [0.29, 0.717) is 26.1 Å². The average Bonchev–Trinajstić information content (AvgIpc) is 3.26. The quantitative estimate of drug-likeness (QED) is 0.759. The largest absolute Gasteiger partial charge is 0.354 e. The van der Waals surface area contributed by atoms with Gasteiger partial charge < -0.3 is 15.5 Å².